The van der Waals surface area contributed by atoms with Crippen molar-refractivity contribution in [1.29, 1.82) is 0 Å². The van der Waals surface area contributed by atoms with Crippen molar-refractivity contribution in [3.05, 3.63) is 47.5 Å². The Kier molecular flexibility index (Phi) is 5.41. The lowest BCUT2D eigenvalue weighted by atomic mass is 9.84. The molecule has 3 rings (SSSR count). The van der Waals surface area contributed by atoms with Crippen LogP contribution in [0.2, 0.25) is 0 Å². The van der Waals surface area contributed by atoms with Crippen molar-refractivity contribution in [1.82, 2.24) is 15.3 Å². The van der Waals surface area contributed by atoms with Crippen LogP contribution in [0.15, 0.2) is 35.3 Å². The molecule has 0 aliphatic carbocycles. The van der Waals surface area contributed by atoms with E-state index in [9.17, 15) is 13.9 Å². The first-order chi connectivity index (χ1) is 12.3. The van der Waals surface area contributed by atoms with Gasteiger partial charge in [0.15, 0.2) is 0 Å². The van der Waals surface area contributed by atoms with Crippen LogP contribution >= 0.6 is 0 Å². The van der Waals surface area contributed by atoms with E-state index in [0.29, 0.717) is 0 Å². The van der Waals surface area contributed by atoms with Crippen LogP contribution in [0.5, 0.6) is 0 Å². The number of hydrazine groups is 1. The Bertz CT molecular complexity index is 701. The van der Waals surface area contributed by atoms with E-state index >= 15 is 0 Å². The highest BCUT2D eigenvalue weighted by molar-refractivity contribution is 5.56. The molecule has 0 bridgehead atoms. The van der Waals surface area contributed by atoms with E-state index in [1.54, 1.807) is 11.3 Å². The molecule has 1 fully saturated rings. The fourth-order valence-corrected chi connectivity index (χ4v) is 3.65. The number of aliphatic imine (C=N–C) groups is 1. The number of hydrogen-bond acceptors (Lipinski definition) is 5. The van der Waals surface area contributed by atoms with Gasteiger partial charge in [-0.05, 0) is 32.8 Å². The van der Waals surface area contributed by atoms with Gasteiger partial charge in [0, 0.05) is 30.8 Å². The van der Waals surface area contributed by atoms with E-state index in [1.807, 2.05) is 13.8 Å². The SMILES string of the molecule is C=C1CCN([C@@H](C)C(O)(CN2C=NC(C)N2)c2ccc(F)cc2F)CC1. The summed E-state index contributed by atoms with van der Waals surface area (Å²) >= 11 is 0. The summed E-state index contributed by atoms with van der Waals surface area (Å²) in [5.41, 5.74) is 2.83. The van der Waals surface area contributed by atoms with Crippen LogP contribution in [0.25, 0.3) is 0 Å². The zero-order valence-electron chi connectivity index (χ0n) is 15.3. The van der Waals surface area contributed by atoms with Crippen molar-refractivity contribution in [3.8, 4) is 0 Å². The molecule has 2 unspecified atom stereocenters. The zero-order chi connectivity index (χ0) is 18.9. The summed E-state index contributed by atoms with van der Waals surface area (Å²) in [5.74, 6) is -1.41. The molecule has 5 nitrogen and oxygen atoms in total. The van der Waals surface area contributed by atoms with Crippen LogP contribution < -0.4 is 5.43 Å². The number of nitrogens with one attached hydrogen (secondary N) is 1. The Balaban J connectivity index is 1.92. The van der Waals surface area contributed by atoms with E-state index in [0.717, 1.165) is 32.0 Å². The van der Waals surface area contributed by atoms with E-state index in [-0.39, 0.29) is 24.3 Å². The molecule has 3 atom stereocenters. The second-order valence-electron chi connectivity index (χ2n) is 7.21. The molecule has 1 aromatic carbocycles. The maximum Gasteiger partial charge on any atom is 0.132 e. The van der Waals surface area contributed by atoms with Crippen molar-refractivity contribution < 1.29 is 13.9 Å². The maximum atomic E-state index is 14.6. The molecule has 0 aromatic heterocycles. The molecule has 142 valence electrons. The quantitative estimate of drug-likeness (QED) is 0.788. The summed E-state index contributed by atoms with van der Waals surface area (Å²) in [4.78, 5) is 6.35. The first kappa shape index (κ1) is 18.9. The van der Waals surface area contributed by atoms with E-state index < -0.39 is 17.2 Å². The Labute approximate surface area is 153 Å². The highest BCUT2D eigenvalue weighted by Gasteiger charge is 2.43. The van der Waals surface area contributed by atoms with Crippen molar-refractivity contribution >= 4 is 6.34 Å². The summed E-state index contributed by atoms with van der Waals surface area (Å²) in [6.07, 6.45) is 3.20. The minimum atomic E-state index is -1.54. The smallest absolute Gasteiger partial charge is 0.132 e. The first-order valence-corrected chi connectivity index (χ1v) is 8.94. The van der Waals surface area contributed by atoms with Gasteiger partial charge in [-0.1, -0.05) is 18.2 Å². The first-order valence-electron chi connectivity index (χ1n) is 8.94. The third kappa shape index (κ3) is 3.79. The predicted molar refractivity (Wildman–Crippen MR) is 97.5 cm³/mol. The average Bonchev–Trinajstić information content (AvgIpc) is 2.99. The lowest BCUT2D eigenvalue weighted by molar-refractivity contribution is -0.0673. The number of likely N-dealkylation sites (tertiary alicyclic amines) is 1. The third-order valence-electron chi connectivity index (χ3n) is 5.34. The number of rotatable bonds is 5. The molecule has 0 amide bonds. The molecule has 26 heavy (non-hydrogen) atoms. The highest BCUT2D eigenvalue weighted by Crippen LogP contribution is 2.33. The lowest BCUT2D eigenvalue weighted by Gasteiger charge is -2.44. The minimum absolute atomic E-state index is 0.0885. The zero-order valence-corrected chi connectivity index (χ0v) is 15.3. The van der Waals surface area contributed by atoms with Crippen LogP contribution in [0, 0.1) is 11.6 Å². The summed E-state index contributed by atoms with van der Waals surface area (Å²) in [6.45, 7) is 9.39. The minimum Gasteiger partial charge on any atom is -0.381 e. The van der Waals surface area contributed by atoms with Crippen LogP contribution in [-0.4, -0.2) is 53.2 Å². The fourth-order valence-electron chi connectivity index (χ4n) is 3.65. The monoisotopic (exact) mass is 364 g/mol. The fraction of sp³-hybridized carbons (Fsp3) is 0.526. The maximum absolute atomic E-state index is 14.6. The summed E-state index contributed by atoms with van der Waals surface area (Å²) in [6, 6.07) is 2.96. The number of β-amino-alcohol motifs (C(OH)–C–C–N with tert-alkyl or cyclic N) is 1. The van der Waals surface area contributed by atoms with Gasteiger partial charge in [0.2, 0.25) is 0 Å². The Morgan fingerprint density at radius 1 is 1.38 bits per heavy atom. The van der Waals surface area contributed by atoms with Gasteiger partial charge in [-0.15, -0.1) is 0 Å². The van der Waals surface area contributed by atoms with Gasteiger partial charge in [0.1, 0.15) is 29.7 Å². The van der Waals surface area contributed by atoms with Crippen LogP contribution in [0.3, 0.4) is 0 Å². The van der Waals surface area contributed by atoms with Crippen molar-refractivity contribution in [2.24, 2.45) is 4.99 Å². The average molecular weight is 364 g/mol. The molecule has 7 heteroatoms. The van der Waals surface area contributed by atoms with Crippen LogP contribution in [0.1, 0.15) is 32.3 Å². The Morgan fingerprint density at radius 3 is 2.65 bits per heavy atom. The largest absolute Gasteiger partial charge is 0.381 e. The normalized spacial score (nSPS) is 24.7. The van der Waals surface area contributed by atoms with Gasteiger partial charge in [-0.25, -0.2) is 14.2 Å². The van der Waals surface area contributed by atoms with Crippen LogP contribution in [0.4, 0.5) is 8.78 Å². The molecule has 0 radical (unpaired) electrons. The van der Waals surface area contributed by atoms with E-state index in [1.165, 1.54) is 17.7 Å². The van der Waals surface area contributed by atoms with Gasteiger partial charge in [0.05, 0.1) is 6.54 Å². The number of hydrogen-bond donors (Lipinski definition) is 2. The van der Waals surface area contributed by atoms with Crippen molar-refractivity contribution in [2.75, 3.05) is 19.6 Å². The molecule has 0 spiro atoms. The van der Waals surface area contributed by atoms with Crippen molar-refractivity contribution in [3.63, 3.8) is 0 Å². The molecule has 2 N–H and O–H groups in total. The topological polar surface area (TPSA) is 51.1 Å². The predicted octanol–water partition coefficient (Wildman–Crippen LogP) is 2.39. The Morgan fingerprint density at radius 2 is 2.08 bits per heavy atom. The highest BCUT2D eigenvalue weighted by atomic mass is 19.1. The molecule has 1 aromatic rings. The van der Waals surface area contributed by atoms with Gasteiger partial charge in [-0.2, -0.15) is 0 Å². The lowest BCUT2D eigenvalue weighted by Crippen LogP contribution is -2.57. The van der Waals surface area contributed by atoms with Gasteiger partial charge < -0.3 is 5.11 Å². The van der Waals surface area contributed by atoms with Gasteiger partial charge in [0.25, 0.3) is 0 Å². The van der Waals surface area contributed by atoms with Crippen LogP contribution in [-0.2, 0) is 5.60 Å². The summed E-state index contributed by atoms with van der Waals surface area (Å²) in [5, 5.41) is 13.3. The Hall–Kier alpha value is -1.83. The molecular weight excluding hydrogens is 338 g/mol. The molecule has 2 aliphatic heterocycles. The molecular formula is C19H26F2N4O. The van der Waals surface area contributed by atoms with E-state index in [4.69, 9.17) is 0 Å². The molecule has 2 aliphatic rings. The number of nitrogens with zero attached hydrogens (tertiary/aromatic N) is 3. The molecule has 1 saturated heterocycles. The molecule has 0 saturated carbocycles. The standard InChI is InChI=1S/C19H26F2N4O/c1-13-6-8-24(9-7-13)14(2)19(26,11-25-12-22-15(3)23-25)17-5-4-16(20)10-18(17)21/h4-5,10,12,14-15,23,26H,1,6-9,11H2,2-3H3/t14-,15?,19?/m0/s1. The number of halogens is 2. The van der Waals surface area contributed by atoms with Gasteiger partial charge in [-0.3, -0.25) is 14.9 Å². The summed E-state index contributed by atoms with van der Waals surface area (Å²) in [7, 11) is 0. The van der Waals surface area contributed by atoms with Crippen molar-refractivity contribution in [2.45, 2.75) is 44.5 Å². The molecule has 2 heterocycles. The number of aliphatic hydroxyl groups is 1. The van der Waals surface area contributed by atoms with Gasteiger partial charge >= 0.3 is 0 Å². The second-order valence-corrected chi connectivity index (χ2v) is 7.21. The number of benzene rings is 1. The third-order valence-corrected chi connectivity index (χ3v) is 5.34. The second kappa shape index (κ2) is 7.42. The summed E-state index contributed by atoms with van der Waals surface area (Å²) < 4.78 is 28.0. The van der Waals surface area contributed by atoms with E-state index in [2.05, 4.69) is 21.9 Å². The number of piperidine rings is 1.